The molecule has 0 radical (unpaired) electrons. The topological polar surface area (TPSA) is 89.7 Å². The molecule has 140 valence electrons. The lowest BCUT2D eigenvalue weighted by atomic mass is 10.1. The van der Waals surface area contributed by atoms with Crippen molar-refractivity contribution in [3.63, 3.8) is 0 Å². The van der Waals surface area contributed by atoms with Crippen LogP contribution in [0.3, 0.4) is 0 Å². The van der Waals surface area contributed by atoms with Crippen LogP contribution in [-0.4, -0.2) is 28.9 Å². The van der Waals surface area contributed by atoms with Crippen LogP contribution < -0.4 is 4.90 Å². The number of aryl methyl sites for hydroxylation is 1. The number of amides is 1. The Morgan fingerprint density at radius 1 is 1.22 bits per heavy atom. The highest BCUT2D eigenvalue weighted by Gasteiger charge is 2.35. The number of carbonyl (C=O) groups is 2. The monoisotopic (exact) mass is 368 g/mol. The lowest BCUT2D eigenvalue weighted by Gasteiger charge is -2.26. The maximum Gasteiger partial charge on any atom is 0.346 e. The zero-order valence-electron chi connectivity index (χ0n) is 15.3. The average Bonchev–Trinajstić information content (AvgIpc) is 2.96. The van der Waals surface area contributed by atoms with Crippen LogP contribution in [0, 0.1) is 17.0 Å². The second kappa shape index (κ2) is 7.19. The molecule has 0 aromatic heterocycles. The van der Waals surface area contributed by atoms with Gasteiger partial charge >= 0.3 is 5.97 Å². The fourth-order valence-electron chi connectivity index (χ4n) is 3.44. The summed E-state index contributed by atoms with van der Waals surface area (Å²) < 4.78 is 5.31. The summed E-state index contributed by atoms with van der Waals surface area (Å²) in [4.78, 5) is 37.7. The molecule has 0 fully saturated rings. The molecule has 0 N–H and O–H groups in total. The summed E-state index contributed by atoms with van der Waals surface area (Å²) in [6.45, 7) is 5.01. The van der Waals surface area contributed by atoms with Gasteiger partial charge in [0.2, 0.25) is 0 Å². The highest BCUT2D eigenvalue weighted by Crippen LogP contribution is 2.32. The van der Waals surface area contributed by atoms with Gasteiger partial charge in [0.1, 0.15) is 5.56 Å². The molecule has 0 aliphatic carbocycles. The number of hydrogen-bond acceptors (Lipinski definition) is 5. The van der Waals surface area contributed by atoms with Gasteiger partial charge in [0.15, 0.2) is 6.10 Å². The van der Waals surface area contributed by atoms with E-state index in [1.807, 2.05) is 31.2 Å². The Balaban J connectivity index is 1.82. The number of ether oxygens (including phenoxy) is 1. The van der Waals surface area contributed by atoms with E-state index < -0.39 is 17.0 Å². The Morgan fingerprint density at radius 2 is 1.93 bits per heavy atom. The van der Waals surface area contributed by atoms with Crippen LogP contribution in [-0.2, 0) is 16.0 Å². The van der Waals surface area contributed by atoms with Crippen molar-refractivity contribution >= 4 is 23.3 Å². The fourth-order valence-corrected chi connectivity index (χ4v) is 3.44. The summed E-state index contributed by atoms with van der Waals surface area (Å²) >= 11 is 0. The zero-order chi connectivity index (χ0) is 19.7. The molecule has 1 aliphatic heterocycles. The van der Waals surface area contributed by atoms with Gasteiger partial charge in [0.05, 0.1) is 4.92 Å². The van der Waals surface area contributed by atoms with Crippen LogP contribution in [0.2, 0.25) is 0 Å². The number of benzene rings is 2. The van der Waals surface area contributed by atoms with Gasteiger partial charge in [-0.1, -0.05) is 30.3 Å². The molecular formula is C20H20N2O5. The molecule has 0 saturated carbocycles. The van der Waals surface area contributed by atoms with Crippen LogP contribution in [0.1, 0.15) is 35.3 Å². The van der Waals surface area contributed by atoms with Gasteiger partial charge in [-0.25, -0.2) is 4.79 Å². The van der Waals surface area contributed by atoms with E-state index in [4.69, 9.17) is 4.74 Å². The van der Waals surface area contributed by atoms with Gasteiger partial charge in [0, 0.05) is 17.8 Å². The highest BCUT2D eigenvalue weighted by molar-refractivity contribution is 6.02. The van der Waals surface area contributed by atoms with Gasteiger partial charge in [0.25, 0.3) is 11.6 Å². The van der Waals surface area contributed by atoms with Crippen molar-refractivity contribution in [1.29, 1.82) is 0 Å². The third-order valence-corrected chi connectivity index (χ3v) is 4.73. The first-order valence-electron chi connectivity index (χ1n) is 8.67. The van der Waals surface area contributed by atoms with Crippen molar-refractivity contribution in [3.8, 4) is 0 Å². The number of fused-ring (bicyclic) bond motifs is 1. The molecule has 7 heteroatoms. The number of rotatable bonds is 4. The SMILES string of the molecule is Cc1cccc([N+](=O)[O-])c1C(=O)O[C@H](C)C(=O)N1c2ccccc2C[C@H]1C. The van der Waals surface area contributed by atoms with E-state index in [2.05, 4.69) is 0 Å². The molecule has 2 aromatic carbocycles. The van der Waals surface area contributed by atoms with Crippen molar-refractivity contribution < 1.29 is 19.2 Å². The molecule has 7 nitrogen and oxygen atoms in total. The normalized spacial score (nSPS) is 16.6. The van der Waals surface area contributed by atoms with E-state index in [0.717, 1.165) is 17.7 Å². The third kappa shape index (κ3) is 3.40. The first-order chi connectivity index (χ1) is 12.8. The van der Waals surface area contributed by atoms with E-state index in [-0.39, 0.29) is 23.2 Å². The first kappa shape index (κ1) is 18.6. The second-order valence-electron chi connectivity index (χ2n) is 6.66. The first-order valence-corrected chi connectivity index (χ1v) is 8.67. The maximum absolute atomic E-state index is 12.9. The molecule has 0 spiro atoms. The molecule has 27 heavy (non-hydrogen) atoms. The van der Waals surface area contributed by atoms with Crippen LogP contribution in [0.15, 0.2) is 42.5 Å². The molecule has 0 bridgehead atoms. The van der Waals surface area contributed by atoms with E-state index in [9.17, 15) is 19.7 Å². The van der Waals surface area contributed by atoms with Gasteiger partial charge < -0.3 is 9.64 Å². The quantitative estimate of drug-likeness (QED) is 0.468. The largest absolute Gasteiger partial charge is 0.449 e. The van der Waals surface area contributed by atoms with E-state index >= 15 is 0 Å². The van der Waals surface area contributed by atoms with Crippen molar-refractivity contribution in [2.45, 2.75) is 39.3 Å². The molecule has 2 atom stereocenters. The summed E-state index contributed by atoms with van der Waals surface area (Å²) in [5.74, 6) is -1.22. The molecular weight excluding hydrogens is 348 g/mol. The number of esters is 1. The number of carbonyl (C=O) groups excluding carboxylic acids is 2. The molecule has 1 heterocycles. The summed E-state index contributed by atoms with van der Waals surface area (Å²) in [7, 11) is 0. The van der Waals surface area contributed by atoms with Crippen LogP contribution >= 0.6 is 0 Å². The highest BCUT2D eigenvalue weighted by atomic mass is 16.6. The Bertz CT molecular complexity index is 924. The summed E-state index contributed by atoms with van der Waals surface area (Å²) in [5, 5.41) is 11.2. The minimum atomic E-state index is -1.06. The number of nitro benzene ring substituents is 1. The fraction of sp³-hybridized carbons (Fsp3) is 0.300. The summed E-state index contributed by atoms with van der Waals surface area (Å²) in [5.41, 5.74) is 1.83. The molecule has 1 amide bonds. The maximum atomic E-state index is 12.9. The standard InChI is InChI=1S/C20H20N2O5/c1-12-7-6-10-17(22(25)26)18(12)20(24)27-14(3)19(23)21-13(2)11-15-8-4-5-9-16(15)21/h4-10,13-14H,11H2,1-3H3/t13-,14-/m1/s1. The molecule has 0 saturated heterocycles. The van der Waals surface area contributed by atoms with E-state index in [0.29, 0.717) is 5.56 Å². The van der Waals surface area contributed by atoms with Crippen molar-refractivity contribution in [1.82, 2.24) is 0 Å². The lowest BCUT2D eigenvalue weighted by Crippen LogP contribution is -2.43. The predicted octanol–water partition coefficient (Wildman–Crippen LogP) is 3.43. The Morgan fingerprint density at radius 3 is 2.63 bits per heavy atom. The van der Waals surface area contributed by atoms with Gasteiger partial charge in [-0.2, -0.15) is 0 Å². The Labute approximate surface area is 156 Å². The van der Waals surface area contributed by atoms with E-state index in [1.54, 1.807) is 17.9 Å². The predicted molar refractivity (Wildman–Crippen MR) is 99.8 cm³/mol. The molecule has 0 unspecified atom stereocenters. The molecule has 3 rings (SSSR count). The van der Waals surface area contributed by atoms with Crippen LogP contribution in [0.4, 0.5) is 11.4 Å². The Kier molecular flexibility index (Phi) is 4.94. The number of nitro groups is 1. The summed E-state index contributed by atoms with van der Waals surface area (Å²) in [6, 6.07) is 11.9. The molecule has 2 aromatic rings. The summed E-state index contributed by atoms with van der Waals surface area (Å²) in [6.07, 6.45) is -0.337. The van der Waals surface area contributed by atoms with Crippen LogP contribution in [0.25, 0.3) is 0 Å². The number of para-hydroxylation sites is 1. The minimum absolute atomic E-state index is 0.0520. The van der Waals surface area contributed by atoms with Crippen molar-refractivity contribution in [3.05, 3.63) is 69.3 Å². The van der Waals surface area contributed by atoms with Gasteiger partial charge in [-0.05, 0) is 44.4 Å². The number of hydrogen-bond donors (Lipinski definition) is 0. The zero-order valence-corrected chi connectivity index (χ0v) is 15.3. The van der Waals surface area contributed by atoms with Gasteiger partial charge in [-0.15, -0.1) is 0 Å². The second-order valence-corrected chi connectivity index (χ2v) is 6.66. The third-order valence-electron chi connectivity index (χ3n) is 4.73. The number of anilines is 1. The lowest BCUT2D eigenvalue weighted by molar-refractivity contribution is -0.385. The van der Waals surface area contributed by atoms with Crippen molar-refractivity contribution in [2.24, 2.45) is 0 Å². The van der Waals surface area contributed by atoms with E-state index in [1.165, 1.54) is 19.1 Å². The van der Waals surface area contributed by atoms with Crippen molar-refractivity contribution in [2.75, 3.05) is 4.90 Å². The molecule has 1 aliphatic rings. The van der Waals surface area contributed by atoms with Gasteiger partial charge in [-0.3, -0.25) is 14.9 Å². The van der Waals surface area contributed by atoms with Crippen LogP contribution in [0.5, 0.6) is 0 Å². The number of nitrogens with zero attached hydrogens (tertiary/aromatic N) is 2. The average molecular weight is 368 g/mol. The minimum Gasteiger partial charge on any atom is -0.449 e. The Hall–Kier alpha value is -3.22. The smallest absolute Gasteiger partial charge is 0.346 e.